The Morgan fingerprint density at radius 1 is 0.524 bits per heavy atom. The SMILES string of the molecule is Brc1ccccc1.c1ccc2c(c1)CCc1ccccc1-2. The average Bonchev–Trinajstić information content (AvgIpc) is 2.56. The van der Waals surface area contributed by atoms with E-state index in [0.717, 1.165) is 4.47 Å². The zero-order valence-corrected chi connectivity index (χ0v) is 13.4. The lowest BCUT2D eigenvalue weighted by Gasteiger charge is -2.19. The molecule has 3 aromatic rings. The van der Waals surface area contributed by atoms with Crippen molar-refractivity contribution in [3.05, 3.63) is 94.5 Å². The Bertz CT molecular complexity index is 671. The normalized spacial score (nSPS) is 11.7. The van der Waals surface area contributed by atoms with E-state index in [1.54, 1.807) is 0 Å². The second kappa shape index (κ2) is 6.73. The van der Waals surface area contributed by atoms with Crippen LogP contribution in [-0.2, 0) is 12.8 Å². The predicted molar refractivity (Wildman–Crippen MR) is 93.4 cm³/mol. The number of benzene rings is 3. The number of rotatable bonds is 0. The lowest BCUT2D eigenvalue weighted by Crippen LogP contribution is -2.02. The molecule has 0 spiro atoms. The second-order valence-corrected chi connectivity index (χ2v) is 6.03. The largest absolute Gasteiger partial charge is 0.0622 e. The van der Waals surface area contributed by atoms with Gasteiger partial charge < -0.3 is 0 Å². The van der Waals surface area contributed by atoms with E-state index in [0.29, 0.717) is 0 Å². The first-order valence-electron chi connectivity index (χ1n) is 7.21. The molecule has 0 nitrogen and oxygen atoms in total. The number of hydrogen-bond donors (Lipinski definition) is 0. The van der Waals surface area contributed by atoms with Gasteiger partial charge in [0.1, 0.15) is 0 Å². The van der Waals surface area contributed by atoms with Gasteiger partial charge in [0.2, 0.25) is 0 Å². The smallest absolute Gasteiger partial charge is 0.0175 e. The fourth-order valence-corrected chi connectivity index (χ4v) is 2.99. The standard InChI is InChI=1S/C14H12.C6H5Br/c1-3-7-13-11(5-1)9-10-12-6-2-4-8-14(12)13;7-6-4-2-1-3-5-6/h1-8H,9-10H2;1-5H. The first-order chi connectivity index (χ1) is 10.3. The van der Waals surface area contributed by atoms with Crippen molar-refractivity contribution in [2.45, 2.75) is 12.8 Å². The van der Waals surface area contributed by atoms with Gasteiger partial charge in [-0.2, -0.15) is 0 Å². The zero-order chi connectivity index (χ0) is 14.5. The van der Waals surface area contributed by atoms with Gasteiger partial charge in [0.15, 0.2) is 0 Å². The summed E-state index contributed by atoms with van der Waals surface area (Å²) in [6, 6.07) is 27.4. The molecular weight excluding hydrogens is 320 g/mol. The maximum absolute atomic E-state index is 3.31. The first-order valence-corrected chi connectivity index (χ1v) is 8.00. The lowest BCUT2D eigenvalue weighted by molar-refractivity contribution is 0.942. The molecule has 1 heteroatoms. The highest BCUT2D eigenvalue weighted by atomic mass is 79.9. The third-order valence-electron chi connectivity index (χ3n) is 3.72. The molecule has 0 atom stereocenters. The molecule has 104 valence electrons. The molecule has 0 saturated carbocycles. The monoisotopic (exact) mass is 336 g/mol. The van der Waals surface area contributed by atoms with Gasteiger partial charge in [0.25, 0.3) is 0 Å². The van der Waals surface area contributed by atoms with Crippen LogP contribution >= 0.6 is 15.9 Å². The highest BCUT2D eigenvalue weighted by molar-refractivity contribution is 9.10. The summed E-state index contributed by atoms with van der Waals surface area (Å²) in [5.41, 5.74) is 5.83. The maximum Gasteiger partial charge on any atom is 0.0175 e. The predicted octanol–water partition coefficient (Wildman–Crippen LogP) is 5.90. The van der Waals surface area contributed by atoms with Crippen LogP contribution in [0.3, 0.4) is 0 Å². The van der Waals surface area contributed by atoms with Crippen molar-refractivity contribution in [2.75, 3.05) is 0 Å². The van der Waals surface area contributed by atoms with Gasteiger partial charge in [0.05, 0.1) is 0 Å². The third kappa shape index (κ3) is 3.43. The van der Waals surface area contributed by atoms with Gasteiger partial charge in [-0.3, -0.25) is 0 Å². The summed E-state index contributed by atoms with van der Waals surface area (Å²) in [6.07, 6.45) is 2.38. The van der Waals surface area contributed by atoms with E-state index < -0.39 is 0 Å². The summed E-state index contributed by atoms with van der Waals surface area (Å²) >= 11 is 3.31. The summed E-state index contributed by atoms with van der Waals surface area (Å²) in [7, 11) is 0. The Kier molecular flexibility index (Phi) is 4.52. The molecule has 0 bridgehead atoms. The molecule has 0 N–H and O–H groups in total. The molecular formula is C20H17Br. The number of halogens is 1. The van der Waals surface area contributed by atoms with Crippen LogP contribution in [0.25, 0.3) is 11.1 Å². The van der Waals surface area contributed by atoms with E-state index in [9.17, 15) is 0 Å². The zero-order valence-electron chi connectivity index (χ0n) is 11.8. The van der Waals surface area contributed by atoms with E-state index in [1.165, 1.54) is 35.1 Å². The molecule has 0 heterocycles. The Balaban J connectivity index is 0.000000160. The first kappa shape index (κ1) is 14.1. The maximum atomic E-state index is 3.31. The van der Waals surface area contributed by atoms with Gasteiger partial charge in [-0.15, -0.1) is 0 Å². The second-order valence-electron chi connectivity index (χ2n) is 5.11. The number of aryl methyl sites for hydroxylation is 2. The van der Waals surface area contributed by atoms with Crippen molar-refractivity contribution >= 4 is 15.9 Å². The molecule has 21 heavy (non-hydrogen) atoms. The number of fused-ring (bicyclic) bond motifs is 3. The summed E-state index contributed by atoms with van der Waals surface area (Å²) in [5.74, 6) is 0. The Morgan fingerprint density at radius 3 is 1.38 bits per heavy atom. The Hall–Kier alpha value is -1.86. The Morgan fingerprint density at radius 2 is 0.952 bits per heavy atom. The summed E-state index contributed by atoms with van der Waals surface area (Å²) in [6.45, 7) is 0. The minimum atomic E-state index is 1.13. The molecule has 0 radical (unpaired) electrons. The highest BCUT2D eigenvalue weighted by Crippen LogP contribution is 2.32. The Labute approximate surface area is 134 Å². The molecule has 1 aliphatic rings. The molecule has 0 unspecified atom stereocenters. The van der Waals surface area contributed by atoms with E-state index >= 15 is 0 Å². The quantitative estimate of drug-likeness (QED) is 0.479. The van der Waals surface area contributed by atoms with Crippen molar-refractivity contribution in [1.29, 1.82) is 0 Å². The third-order valence-corrected chi connectivity index (χ3v) is 4.25. The van der Waals surface area contributed by atoms with E-state index in [-0.39, 0.29) is 0 Å². The lowest BCUT2D eigenvalue weighted by atomic mass is 9.86. The minimum Gasteiger partial charge on any atom is -0.0622 e. The fraction of sp³-hybridized carbons (Fsp3) is 0.100. The van der Waals surface area contributed by atoms with Crippen LogP contribution in [-0.4, -0.2) is 0 Å². The molecule has 0 aromatic heterocycles. The van der Waals surface area contributed by atoms with Crippen LogP contribution in [0.1, 0.15) is 11.1 Å². The minimum absolute atomic E-state index is 1.13. The van der Waals surface area contributed by atoms with E-state index in [4.69, 9.17) is 0 Å². The van der Waals surface area contributed by atoms with Crippen molar-refractivity contribution in [3.63, 3.8) is 0 Å². The van der Waals surface area contributed by atoms with Gasteiger partial charge in [0, 0.05) is 4.47 Å². The van der Waals surface area contributed by atoms with Crippen LogP contribution in [0.5, 0.6) is 0 Å². The van der Waals surface area contributed by atoms with Crippen molar-refractivity contribution in [3.8, 4) is 11.1 Å². The van der Waals surface area contributed by atoms with E-state index in [2.05, 4.69) is 64.5 Å². The fourth-order valence-electron chi connectivity index (χ4n) is 2.69. The van der Waals surface area contributed by atoms with Crippen LogP contribution in [0.2, 0.25) is 0 Å². The van der Waals surface area contributed by atoms with Crippen molar-refractivity contribution < 1.29 is 0 Å². The van der Waals surface area contributed by atoms with Gasteiger partial charge >= 0.3 is 0 Å². The summed E-state index contributed by atoms with van der Waals surface area (Å²) < 4.78 is 1.13. The highest BCUT2D eigenvalue weighted by Gasteiger charge is 2.13. The molecule has 0 fully saturated rings. The van der Waals surface area contributed by atoms with Crippen LogP contribution < -0.4 is 0 Å². The van der Waals surface area contributed by atoms with Crippen LogP contribution in [0.4, 0.5) is 0 Å². The summed E-state index contributed by atoms with van der Waals surface area (Å²) in [4.78, 5) is 0. The topological polar surface area (TPSA) is 0 Å². The van der Waals surface area contributed by atoms with Crippen LogP contribution in [0.15, 0.2) is 83.3 Å². The molecule has 3 aromatic carbocycles. The summed E-state index contributed by atoms with van der Waals surface area (Å²) in [5, 5.41) is 0. The van der Waals surface area contributed by atoms with Crippen molar-refractivity contribution in [1.82, 2.24) is 0 Å². The van der Waals surface area contributed by atoms with Crippen LogP contribution in [0, 0.1) is 0 Å². The molecule has 1 aliphatic carbocycles. The molecule has 0 amide bonds. The van der Waals surface area contributed by atoms with Crippen molar-refractivity contribution in [2.24, 2.45) is 0 Å². The molecule has 0 aliphatic heterocycles. The van der Waals surface area contributed by atoms with Gasteiger partial charge in [-0.05, 0) is 47.2 Å². The van der Waals surface area contributed by atoms with E-state index in [1.807, 2.05) is 30.3 Å². The molecule has 0 saturated heterocycles. The van der Waals surface area contributed by atoms with Gasteiger partial charge in [-0.25, -0.2) is 0 Å². The average molecular weight is 337 g/mol. The molecule has 4 rings (SSSR count). The van der Waals surface area contributed by atoms with Gasteiger partial charge in [-0.1, -0.05) is 82.7 Å². The number of hydrogen-bond acceptors (Lipinski definition) is 0.